The zero-order valence-corrected chi connectivity index (χ0v) is 11.1. The number of aromatic hydroxyl groups is 1. The Kier molecular flexibility index (Phi) is 3.27. The predicted molar refractivity (Wildman–Crippen MR) is 72.9 cm³/mol. The molecule has 0 saturated carbocycles. The van der Waals surface area contributed by atoms with E-state index in [0.29, 0.717) is 11.8 Å². The predicted octanol–water partition coefficient (Wildman–Crippen LogP) is 2.02. The minimum atomic E-state index is 0.412. The Labute approximate surface area is 109 Å². The normalized spacial score (nSPS) is 25.9. The highest BCUT2D eigenvalue weighted by molar-refractivity contribution is 5.38. The number of benzene rings is 1. The summed E-state index contributed by atoms with van der Waals surface area (Å²) < 4.78 is 0. The molecule has 98 valence electrons. The molecule has 0 spiro atoms. The van der Waals surface area contributed by atoms with Gasteiger partial charge in [0.2, 0.25) is 0 Å². The highest BCUT2D eigenvalue weighted by atomic mass is 16.3. The Morgan fingerprint density at radius 2 is 1.94 bits per heavy atom. The first kappa shape index (κ1) is 12.0. The number of fused-ring (bicyclic) bond motifs is 1. The molecule has 0 aromatic heterocycles. The van der Waals surface area contributed by atoms with Gasteiger partial charge < -0.3 is 10.0 Å². The Hall–Kier alpha value is -1.06. The van der Waals surface area contributed by atoms with Crippen molar-refractivity contribution >= 4 is 0 Å². The van der Waals surface area contributed by atoms with E-state index in [1.165, 1.54) is 30.4 Å². The first-order chi connectivity index (χ1) is 8.74. The zero-order chi connectivity index (χ0) is 12.5. The van der Waals surface area contributed by atoms with Crippen LogP contribution in [0.2, 0.25) is 0 Å². The van der Waals surface area contributed by atoms with Crippen LogP contribution < -0.4 is 0 Å². The number of piperazine rings is 1. The lowest BCUT2D eigenvalue weighted by Gasteiger charge is -2.40. The number of hydrogen-bond acceptors (Lipinski definition) is 3. The van der Waals surface area contributed by atoms with E-state index in [0.717, 1.165) is 26.2 Å². The Balaban J connectivity index is 1.84. The second kappa shape index (κ2) is 4.90. The third-order valence-electron chi connectivity index (χ3n) is 4.39. The third-order valence-corrected chi connectivity index (χ3v) is 4.39. The van der Waals surface area contributed by atoms with Crippen molar-refractivity contribution in [2.45, 2.75) is 25.3 Å². The van der Waals surface area contributed by atoms with Gasteiger partial charge in [0.25, 0.3) is 0 Å². The summed E-state index contributed by atoms with van der Waals surface area (Å²) in [4.78, 5) is 4.99. The monoisotopic (exact) mass is 246 g/mol. The zero-order valence-electron chi connectivity index (χ0n) is 11.1. The van der Waals surface area contributed by atoms with E-state index in [2.05, 4.69) is 22.9 Å². The molecule has 1 atom stereocenters. The van der Waals surface area contributed by atoms with Crippen LogP contribution in [-0.2, 0) is 6.42 Å². The standard InChI is InChI=1S/C15H22N2O/c1-16-7-9-17(10-8-16)15-4-2-3-12-5-6-13(18)11-14(12)15/h5-6,11,15,18H,2-4,7-10H2,1H3/t15-/m1/s1. The maximum absolute atomic E-state index is 9.72. The topological polar surface area (TPSA) is 26.7 Å². The van der Waals surface area contributed by atoms with Gasteiger partial charge in [-0.1, -0.05) is 6.07 Å². The fraction of sp³-hybridized carbons (Fsp3) is 0.600. The largest absolute Gasteiger partial charge is 0.508 e. The smallest absolute Gasteiger partial charge is 0.115 e. The lowest BCUT2D eigenvalue weighted by atomic mass is 9.86. The van der Waals surface area contributed by atoms with Crippen LogP contribution >= 0.6 is 0 Å². The SMILES string of the molecule is CN1CCN([C@@H]2CCCc3ccc(O)cc32)CC1. The summed E-state index contributed by atoms with van der Waals surface area (Å²) in [5, 5.41) is 9.72. The van der Waals surface area contributed by atoms with E-state index >= 15 is 0 Å². The molecular formula is C15H22N2O. The van der Waals surface area contributed by atoms with Crippen molar-refractivity contribution in [3.63, 3.8) is 0 Å². The molecule has 3 heteroatoms. The quantitative estimate of drug-likeness (QED) is 0.821. The van der Waals surface area contributed by atoms with Gasteiger partial charge in [-0.15, -0.1) is 0 Å². The van der Waals surface area contributed by atoms with Gasteiger partial charge in [-0.3, -0.25) is 4.90 Å². The Morgan fingerprint density at radius 3 is 2.72 bits per heavy atom. The molecule has 0 radical (unpaired) electrons. The number of hydrogen-bond donors (Lipinski definition) is 1. The molecule has 0 amide bonds. The van der Waals surface area contributed by atoms with E-state index in [9.17, 15) is 5.11 Å². The summed E-state index contributed by atoms with van der Waals surface area (Å²) in [6.07, 6.45) is 3.68. The molecule has 2 aliphatic rings. The molecule has 1 N–H and O–H groups in total. The molecule has 0 bridgehead atoms. The number of aryl methyl sites for hydroxylation is 1. The maximum atomic E-state index is 9.72. The second-order valence-corrected chi connectivity index (χ2v) is 5.63. The summed E-state index contributed by atoms with van der Waals surface area (Å²) >= 11 is 0. The van der Waals surface area contributed by atoms with Crippen LogP contribution in [0.5, 0.6) is 5.75 Å². The van der Waals surface area contributed by atoms with E-state index < -0.39 is 0 Å². The fourth-order valence-corrected chi connectivity index (χ4v) is 3.27. The van der Waals surface area contributed by atoms with Gasteiger partial charge in [-0.05, 0) is 49.6 Å². The molecule has 3 nitrogen and oxygen atoms in total. The Bertz CT molecular complexity index is 425. The van der Waals surface area contributed by atoms with Crippen molar-refractivity contribution in [1.82, 2.24) is 9.80 Å². The molecule has 1 aromatic carbocycles. The highest BCUT2D eigenvalue weighted by Crippen LogP contribution is 2.36. The van der Waals surface area contributed by atoms with Gasteiger partial charge >= 0.3 is 0 Å². The summed E-state index contributed by atoms with van der Waals surface area (Å²) in [6, 6.07) is 6.44. The van der Waals surface area contributed by atoms with Crippen LogP contribution in [-0.4, -0.2) is 48.1 Å². The van der Waals surface area contributed by atoms with E-state index in [-0.39, 0.29) is 0 Å². The molecule has 3 rings (SSSR count). The third kappa shape index (κ3) is 2.25. The average molecular weight is 246 g/mol. The van der Waals surface area contributed by atoms with Gasteiger partial charge in [-0.2, -0.15) is 0 Å². The van der Waals surface area contributed by atoms with Crippen molar-refractivity contribution in [2.24, 2.45) is 0 Å². The van der Waals surface area contributed by atoms with E-state index in [4.69, 9.17) is 0 Å². The van der Waals surface area contributed by atoms with Crippen LogP contribution in [0.4, 0.5) is 0 Å². The molecule has 1 aliphatic heterocycles. The molecule has 18 heavy (non-hydrogen) atoms. The molecule has 1 aromatic rings. The number of phenols is 1. The average Bonchev–Trinajstić information content (AvgIpc) is 2.39. The summed E-state index contributed by atoms with van der Waals surface area (Å²) in [5.41, 5.74) is 2.80. The van der Waals surface area contributed by atoms with Gasteiger partial charge in [0.15, 0.2) is 0 Å². The maximum Gasteiger partial charge on any atom is 0.115 e. The number of rotatable bonds is 1. The van der Waals surface area contributed by atoms with E-state index in [1.807, 2.05) is 12.1 Å². The minimum Gasteiger partial charge on any atom is -0.508 e. The minimum absolute atomic E-state index is 0.412. The fourth-order valence-electron chi connectivity index (χ4n) is 3.27. The summed E-state index contributed by atoms with van der Waals surface area (Å²) in [7, 11) is 2.19. The van der Waals surface area contributed by atoms with Gasteiger partial charge in [-0.25, -0.2) is 0 Å². The number of likely N-dealkylation sites (N-methyl/N-ethyl adjacent to an activating group) is 1. The highest BCUT2D eigenvalue weighted by Gasteiger charge is 2.28. The molecule has 1 heterocycles. The van der Waals surface area contributed by atoms with E-state index in [1.54, 1.807) is 0 Å². The summed E-state index contributed by atoms with van der Waals surface area (Å²) in [6.45, 7) is 4.61. The van der Waals surface area contributed by atoms with Crippen LogP contribution in [0.15, 0.2) is 18.2 Å². The van der Waals surface area contributed by atoms with Crippen molar-refractivity contribution in [2.75, 3.05) is 33.2 Å². The number of phenolic OH excluding ortho intramolecular Hbond substituents is 1. The van der Waals surface area contributed by atoms with Crippen LogP contribution in [0.25, 0.3) is 0 Å². The first-order valence-corrected chi connectivity index (χ1v) is 6.98. The molecule has 1 saturated heterocycles. The summed E-state index contributed by atoms with van der Waals surface area (Å²) in [5.74, 6) is 0.412. The molecule has 1 fully saturated rings. The molecule has 1 aliphatic carbocycles. The second-order valence-electron chi connectivity index (χ2n) is 5.63. The Morgan fingerprint density at radius 1 is 1.17 bits per heavy atom. The van der Waals surface area contributed by atoms with Crippen molar-refractivity contribution in [1.29, 1.82) is 0 Å². The van der Waals surface area contributed by atoms with Crippen molar-refractivity contribution in [3.8, 4) is 5.75 Å². The van der Waals surface area contributed by atoms with Crippen LogP contribution in [0, 0.1) is 0 Å². The van der Waals surface area contributed by atoms with Crippen LogP contribution in [0.1, 0.15) is 30.0 Å². The van der Waals surface area contributed by atoms with Crippen molar-refractivity contribution < 1.29 is 5.11 Å². The first-order valence-electron chi connectivity index (χ1n) is 6.98. The lowest BCUT2D eigenvalue weighted by Crippen LogP contribution is -2.46. The molecule has 0 unspecified atom stereocenters. The molecular weight excluding hydrogens is 224 g/mol. The van der Waals surface area contributed by atoms with Gasteiger partial charge in [0, 0.05) is 32.2 Å². The van der Waals surface area contributed by atoms with Gasteiger partial charge in [0.05, 0.1) is 0 Å². The van der Waals surface area contributed by atoms with Gasteiger partial charge in [0.1, 0.15) is 5.75 Å². The lowest BCUT2D eigenvalue weighted by molar-refractivity contribution is 0.102. The number of nitrogens with zero attached hydrogens (tertiary/aromatic N) is 2. The van der Waals surface area contributed by atoms with Crippen molar-refractivity contribution in [3.05, 3.63) is 29.3 Å². The van der Waals surface area contributed by atoms with Crippen LogP contribution in [0.3, 0.4) is 0 Å².